The van der Waals surface area contributed by atoms with Crippen LogP contribution in [0, 0.1) is 5.92 Å². The minimum Gasteiger partial charge on any atom is -0.391 e. The maximum atomic E-state index is 13.1. The van der Waals surface area contributed by atoms with Gasteiger partial charge in [-0.25, -0.2) is 0 Å². The molecule has 7 heteroatoms. The molecule has 1 aromatic rings. The number of amides is 2. The number of hydrogen-bond acceptors (Lipinski definition) is 4. The SMILES string of the molecule is CC(C)C(NC(=O)c1ccccc1Cl)C(=O)N1CCN(C2CCCC2O)CC1. The molecule has 2 N–H and O–H groups in total. The molecule has 3 atom stereocenters. The van der Waals surface area contributed by atoms with E-state index >= 15 is 0 Å². The molecular weight excluding hydrogens is 378 g/mol. The first kappa shape index (κ1) is 21.1. The molecule has 3 rings (SSSR count). The van der Waals surface area contributed by atoms with E-state index in [1.807, 2.05) is 18.7 Å². The summed E-state index contributed by atoms with van der Waals surface area (Å²) >= 11 is 6.12. The van der Waals surface area contributed by atoms with E-state index in [4.69, 9.17) is 11.6 Å². The lowest BCUT2D eigenvalue weighted by atomic mass is 10.0. The largest absolute Gasteiger partial charge is 0.391 e. The van der Waals surface area contributed by atoms with E-state index in [2.05, 4.69) is 10.2 Å². The van der Waals surface area contributed by atoms with Crippen LogP contribution in [0.4, 0.5) is 0 Å². The molecular formula is C21H30ClN3O3. The number of benzene rings is 1. The number of rotatable bonds is 5. The number of halogens is 1. The lowest BCUT2D eigenvalue weighted by Gasteiger charge is -2.40. The molecule has 1 aliphatic heterocycles. The summed E-state index contributed by atoms with van der Waals surface area (Å²) in [5.74, 6) is -0.416. The molecule has 2 fully saturated rings. The zero-order valence-electron chi connectivity index (χ0n) is 16.6. The van der Waals surface area contributed by atoms with Crippen molar-refractivity contribution >= 4 is 23.4 Å². The van der Waals surface area contributed by atoms with Gasteiger partial charge in [0.1, 0.15) is 6.04 Å². The Balaban J connectivity index is 1.61. The van der Waals surface area contributed by atoms with Gasteiger partial charge in [-0.3, -0.25) is 14.5 Å². The topological polar surface area (TPSA) is 72.9 Å². The summed E-state index contributed by atoms with van der Waals surface area (Å²) in [7, 11) is 0. The summed E-state index contributed by atoms with van der Waals surface area (Å²) in [5.41, 5.74) is 0.377. The minimum atomic E-state index is -0.590. The Morgan fingerprint density at radius 2 is 1.82 bits per heavy atom. The van der Waals surface area contributed by atoms with Crippen LogP contribution in [-0.2, 0) is 4.79 Å². The minimum absolute atomic E-state index is 0.0337. The second-order valence-electron chi connectivity index (χ2n) is 8.10. The predicted molar refractivity (Wildman–Crippen MR) is 109 cm³/mol. The number of nitrogens with one attached hydrogen (secondary N) is 1. The van der Waals surface area contributed by atoms with Gasteiger partial charge in [0.25, 0.3) is 5.91 Å². The summed E-state index contributed by atoms with van der Waals surface area (Å²) in [4.78, 5) is 29.9. The van der Waals surface area contributed by atoms with E-state index < -0.39 is 6.04 Å². The van der Waals surface area contributed by atoms with Crippen molar-refractivity contribution in [2.75, 3.05) is 26.2 Å². The highest BCUT2D eigenvalue weighted by Crippen LogP contribution is 2.25. The Hall–Kier alpha value is -1.63. The first-order chi connectivity index (χ1) is 13.4. The molecule has 1 heterocycles. The Morgan fingerprint density at radius 1 is 1.14 bits per heavy atom. The molecule has 154 valence electrons. The van der Waals surface area contributed by atoms with Crippen LogP contribution in [0.25, 0.3) is 0 Å². The van der Waals surface area contributed by atoms with E-state index in [0.29, 0.717) is 23.7 Å². The number of aliphatic hydroxyl groups excluding tert-OH is 1. The highest BCUT2D eigenvalue weighted by atomic mass is 35.5. The Kier molecular flexibility index (Phi) is 6.96. The van der Waals surface area contributed by atoms with Crippen LogP contribution in [0.15, 0.2) is 24.3 Å². The standard InChI is InChI=1S/C21H30ClN3O3/c1-14(2)19(23-20(27)15-6-3-4-7-16(15)22)21(28)25-12-10-24(11-13-25)17-8-5-9-18(17)26/h3-4,6-7,14,17-19,26H,5,8-13H2,1-2H3,(H,23,27). The summed E-state index contributed by atoms with van der Waals surface area (Å²) < 4.78 is 0. The molecule has 0 radical (unpaired) electrons. The fraction of sp³-hybridized carbons (Fsp3) is 0.619. The number of piperazine rings is 1. The van der Waals surface area contributed by atoms with Gasteiger partial charge in [-0.2, -0.15) is 0 Å². The van der Waals surface area contributed by atoms with Crippen LogP contribution in [0.3, 0.4) is 0 Å². The zero-order chi connectivity index (χ0) is 20.3. The molecule has 1 aliphatic carbocycles. The second kappa shape index (κ2) is 9.25. The lowest BCUT2D eigenvalue weighted by Crippen LogP contribution is -2.58. The van der Waals surface area contributed by atoms with Gasteiger partial charge in [-0.1, -0.05) is 37.6 Å². The van der Waals surface area contributed by atoms with Crippen LogP contribution in [-0.4, -0.2) is 71.1 Å². The van der Waals surface area contributed by atoms with Crippen molar-refractivity contribution < 1.29 is 14.7 Å². The van der Waals surface area contributed by atoms with Gasteiger partial charge in [0.05, 0.1) is 16.7 Å². The first-order valence-electron chi connectivity index (χ1n) is 10.1. The number of nitrogens with zero attached hydrogens (tertiary/aromatic N) is 2. The molecule has 2 amide bonds. The van der Waals surface area contributed by atoms with Crippen molar-refractivity contribution in [3.8, 4) is 0 Å². The fourth-order valence-electron chi connectivity index (χ4n) is 4.20. The molecule has 0 aromatic heterocycles. The zero-order valence-corrected chi connectivity index (χ0v) is 17.4. The van der Waals surface area contributed by atoms with Crippen LogP contribution in [0.2, 0.25) is 5.02 Å². The Morgan fingerprint density at radius 3 is 2.39 bits per heavy atom. The van der Waals surface area contributed by atoms with Gasteiger partial charge in [-0.05, 0) is 37.3 Å². The molecule has 1 saturated carbocycles. The fourth-order valence-corrected chi connectivity index (χ4v) is 4.42. The predicted octanol–water partition coefficient (Wildman–Crippen LogP) is 2.15. The van der Waals surface area contributed by atoms with Gasteiger partial charge in [-0.15, -0.1) is 0 Å². The molecule has 0 bridgehead atoms. The second-order valence-corrected chi connectivity index (χ2v) is 8.51. The van der Waals surface area contributed by atoms with Crippen molar-refractivity contribution in [1.82, 2.24) is 15.1 Å². The molecule has 1 saturated heterocycles. The van der Waals surface area contributed by atoms with E-state index in [0.717, 1.165) is 32.4 Å². The van der Waals surface area contributed by atoms with Gasteiger partial charge < -0.3 is 15.3 Å². The Bertz CT molecular complexity index is 704. The number of aliphatic hydroxyl groups is 1. The third-order valence-electron chi connectivity index (χ3n) is 5.88. The number of carbonyl (C=O) groups excluding carboxylic acids is 2. The van der Waals surface area contributed by atoms with Crippen molar-refractivity contribution in [2.24, 2.45) is 5.92 Å². The van der Waals surface area contributed by atoms with Crippen LogP contribution >= 0.6 is 11.6 Å². The van der Waals surface area contributed by atoms with Crippen molar-refractivity contribution in [2.45, 2.75) is 51.3 Å². The lowest BCUT2D eigenvalue weighted by molar-refractivity contribution is -0.136. The summed E-state index contributed by atoms with van der Waals surface area (Å²) in [6, 6.07) is 6.48. The van der Waals surface area contributed by atoms with Crippen LogP contribution < -0.4 is 5.32 Å². The highest BCUT2D eigenvalue weighted by molar-refractivity contribution is 6.33. The van der Waals surface area contributed by atoms with Gasteiger partial charge in [0.15, 0.2) is 0 Å². The van der Waals surface area contributed by atoms with Gasteiger partial charge in [0, 0.05) is 32.2 Å². The number of hydrogen-bond donors (Lipinski definition) is 2. The average Bonchev–Trinajstić information content (AvgIpc) is 3.11. The summed E-state index contributed by atoms with van der Waals surface area (Å²) in [5, 5.41) is 13.4. The average molecular weight is 408 g/mol. The van der Waals surface area contributed by atoms with Crippen molar-refractivity contribution in [3.05, 3.63) is 34.9 Å². The molecule has 0 spiro atoms. The molecule has 6 nitrogen and oxygen atoms in total. The summed E-state index contributed by atoms with van der Waals surface area (Å²) in [6.07, 6.45) is 2.71. The van der Waals surface area contributed by atoms with Gasteiger partial charge in [0.2, 0.25) is 5.91 Å². The molecule has 28 heavy (non-hydrogen) atoms. The first-order valence-corrected chi connectivity index (χ1v) is 10.5. The number of carbonyl (C=O) groups is 2. The van der Waals surface area contributed by atoms with Crippen LogP contribution in [0.1, 0.15) is 43.5 Å². The van der Waals surface area contributed by atoms with Crippen molar-refractivity contribution in [1.29, 1.82) is 0 Å². The maximum absolute atomic E-state index is 13.1. The third-order valence-corrected chi connectivity index (χ3v) is 6.21. The smallest absolute Gasteiger partial charge is 0.253 e. The highest BCUT2D eigenvalue weighted by Gasteiger charge is 2.35. The molecule has 1 aromatic carbocycles. The summed E-state index contributed by atoms with van der Waals surface area (Å²) in [6.45, 7) is 6.62. The van der Waals surface area contributed by atoms with E-state index in [1.54, 1.807) is 24.3 Å². The van der Waals surface area contributed by atoms with Crippen molar-refractivity contribution in [3.63, 3.8) is 0 Å². The van der Waals surface area contributed by atoms with E-state index in [-0.39, 0.29) is 29.9 Å². The normalized spacial score (nSPS) is 24.4. The maximum Gasteiger partial charge on any atom is 0.253 e. The van der Waals surface area contributed by atoms with E-state index in [1.165, 1.54) is 0 Å². The molecule has 2 aliphatic rings. The van der Waals surface area contributed by atoms with Gasteiger partial charge >= 0.3 is 0 Å². The Labute approximate surface area is 171 Å². The quantitative estimate of drug-likeness (QED) is 0.784. The monoisotopic (exact) mass is 407 g/mol. The van der Waals surface area contributed by atoms with Crippen LogP contribution in [0.5, 0.6) is 0 Å². The molecule has 3 unspecified atom stereocenters. The van der Waals surface area contributed by atoms with E-state index in [9.17, 15) is 14.7 Å². The third kappa shape index (κ3) is 4.67.